The van der Waals surface area contributed by atoms with E-state index in [2.05, 4.69) is 15.5 Å². The van der Waals surface area contributed by atoms with Crippen molar-refractivity contribution in [3.63, 3.8) is 0 Å². The quantitative estimate of drug-likeness (QED) is 0.908. The van der Waals surface area contributed by atoms with Crippen LogP contribution in [0.25, 0.3) is 0 Å². The smallest absolute Gasteiger partial charge is 0.224 e. The third kappa shape index (κ3) is 4.37. The normalized spacial score (nSPS) is 10.4. The van der Waals surface area contributed by atoms with Crippen molar-refractivity contribution in [3.05, 3.63) is 46.6 Å². The van der Waals surface area contributed by atoms with E-state index < -0.39 is 0 Å². The zero-order valence-electron chi connectivity index (χ0n) is 10.5. The Labute approximate surface area is 116 Å². The van der Waals surface area contributed by atoms with Crippen LogP contribution in [0.5, 0.6) is 0 Å². The zero-order chi connectivity index (χ0) is 13.7. The third-order valence-electron chi connectivity index (χ3n) is 2.51. The number of halogens is 1. The zero-order valence-corrected chi connectivity index (χ0v) is 11.3. The standard InChI is InChI=1S/C13H14ClN3O2/c1-9-16-17-13(19-9)6-7-15-12(18)8-10-2-4-11(14)5-3-10/h2-5H,6-8H2,1H3,(H,15,18). The lowest BCUT2D eigenvalue weighted by Crippen LogP contribution is -2.27. The van der Waals surface area contributed by atoms with Gasteiger partial charge in [0.25, 0.3) is 0 Å². The van der Waals surface area contributed by atoms with Crippen molar-refractivity contribution in [2.24, 2.45) is 0 Å². The second-order valence-corrected chi connectivity index (χ2v) is 4.55. The first-order valence-corrected chi connectivity index (χ1v) is 6.31. The Morgan fingerprint density at radius 3 is 2.68 bits per heavy atom. The van der Waals surface area contributed by atoms with E-state index in [-0.39, 0.29) is 5.91 Å². The molecule has 1 aromatic heterocycles. The van der Waals surface area contributed by atoms with E-state index in [1.807, 2.05) is 12.1 Å². The summed E-state index contributed by atoms with van der Waals surface area (Å²) in [6.07, 6.45) is 0.868. The van der Waals surface area contributed by atoms with Crippen LogP contribution >= 0.6 is 11.6 Å². The van der Waals surface area contributed by atoms with Gasteiger partial charge in [0, 0.05) is 24.9 Å². The van der Waals surface area contributed by atoms with Crippen molar-refractivity contribution in [1.82, 2.24) is 15.5 Å². The summed E-state index contributed by atoms with van der Waals surface area (Å²) in [6, 6.07) is 7.21. The Balaban J connectivity index is 1.74. The first-order chi connectivity index (χ1) is 9.13. The number of nitrogens with one attached hydrogen (secondary N) is 1. The SMILES string of the molecule is Cc1nnc(CCNC(=O)Cc2ccc(Cl)cc2)o1. The van der Waals surface area contributed by atoms with Gasteiger partial charge >= 0.3 is 0 Å². The monoisotopic (exact) mass is 279 g/mol. The first-order valence-electron chi connectivity index (χ1n) is 5.93. The molecule has 1 aromatic carbocycles. The number of hydrogen-bond acceptors (Lipinski definition) is 4. The summed E-state index contributed by atoms with van der Waals surface area (Å²) in [5.41, 5.74) is 0.926. The van der Waals surface area contributed by atoms with Crippen LogP contribution in [0, 0.1) is 6.92 Å². The fraction of sp³-hybridized carbons (Fsp3) is 0.308. The maximum absolute atomic E-state index is 11.7. The summed E-state index contributed by atoms with van der Waals surface area (Å²) in [7, 11) is 0. The first kappa shape index (κ1) is 13.5. The summed E-state index contributed by atoms with van der Waals surface area (Å²) < 4.78 is 5.21. The Bertz CT molecular complexity index is 551. The molecule has 0 saturated carbocycles. The minimum Gasteiger partial charge on any atom is -0.426 e. The highest BCUT2D eigenvalue weighted by atomic mass is 35.5. The molecule has 0 spiro atoms. The van der Waals surface area contributed by atoms with E-state index in [9.17, 15) is 4.79 Å². The average Bonchev–Trinajstić information content (AvgIpc) is 2.78. The number of aromatic nitrogens is 2. The molecule has 19 heavy (non-hydrogen) atoms. The number of nitrogens with zero attached hydrogens (tertiary/aromatic N) is 2. The lowest BCUT2D eigenvalue weighted by molar-refractivity contribution is -0.120. The number of benzene rings is 1. The van der Waals surface area contributed by atoms with E-state index in [0.29, 0.717) is 36.2 Å². The van der Waals surface area contributed by atoms with Crippen molar-refractivity contribution >= 4 is 17.5 Å². The highest BCUT2D eigenvalue weighted by Crippen LogP contribution is 2.09. The number of aryl methyl sites for hydroxylation is 1. The molecule has 0 bridgehead atoms. The molecular weight excluding hydrogens is 266 g/mol. The van der Waals surface area contributed by atoms with Crippen LogP contribution in [-0.2, 0) is 17.6 Å². The van der Waals surface area contributed by atoms with Crippen LogP contribution in [0.15, 0.2) is 28.7 Å². The van der Waals surface area contributed by atoms with Crippen LogP contribution in [0.3, 0.4) is 0 Å². The van der Waals surface area contributed by atoms with Crippen molar-refractivity contribution in [3.8, 4) is 0 Å². The topological polar surface area (TPSA) is 68.0 Å². The summed E-state index contributed by atoms with van der Waals surface area (Å²) in [5.74, 6) is 1.02. The summed E-state index contributed by atoms with van der Waals surface area (Å²) in [4.78, 5) is 11.7. The highest BCUT2D eigenvalue weighted by Gasteiger charge is 2.05. The maximum Gasteiger partial charge on any atom is 0.224 e. The lowest BCUT2D eigenvalue weighted by Gasteiger charge is -2.03. The van der Waals surface area contributed by atoms with Gasteiger partial charge in [-0.1, -0.05) is 23.7 Å². The number of rotatable bonds is 5. The predicted octanol–water partition coefficient (Wildman–Crippen LogP) is 1.93. The molecule has 2 aromatic rings. The van der Waals surface area contributed by atoms with Gasteiger partial charge in [0.2, 0.25) is 17.7 Å². The molecule has 5 nitrogen and oxygen atoms in total. The average molecular weight is 280 g/mol. The molecule has 0 radical (unpaired) electrons. The van der Waals surface area contributed by atoms with Crippen molar-refractivity contribution in [2.75, 3.05) is 6.54 Å². The molecule has 0 saturated heterocycles. The molecule has 1 heterocycles. The molecule has 0 atom stereocenters. The minimum absolute atomic E-state index is 0.0430. The van der Waals surface area contributed by atoms with Crippen LogP contribution in [0.1, 0.15) is 17.3 Å². The molecule has 6 heteroatoms. The van der Waals surface area contributed by atoms with Gasteiger partial charge in [-0.15, -0.1) is 10.2 Å². The van der Waals surface area contributed by atoms with E-state index in [1.165, 1.54) is 0 Å². The maximum atomic E-state index is 11.7. The lowest BCUT2D eigenvalue weighted by atomic mass is 10.1. The summed E-state index contributed by atoms with van der Waals surface area (Å²) in [5, 5.41) is 11.0. The number of hydrogen-bond donors (Lipinski definition) is 1. The van der Waals surface area contributed by atoms with E-state index in [0.717, 1.165) is 5.56 Å². The highest BCUT2D eigenvalue weighted by molar-refractivity contribution is 6.30. The van der Waals surface area contributed by atoms with Gasteiger partial charge in [-0.2, -0.15) is 0 Å². The van der Waals surface area contributed by atoms with Crippen molar-refractivity contribution < 1.29 is 9.21 Å². The third-order valence-corrected chi connectivity index (χ3v) is 2.76. The number of amides is 1. The van der Waals surface area contributed by atoms with Crippen LogP contribution in [-0.4, -0.2) is 22.6 Å². The Kier molecular flexibility index (Phi) is 4.52. The Hall–Kier alpha value is -1.88. The number of carbonyl (C=O) groups is 1. The van der Waals surface area contributed by atoms with Crippen molar-refractivity contribution in [1.29, 1.82) is 0 Å². The molecule has 0 aliphatic heterocycles. The largest absolute Gasteiger partial charge is 0.426 e. The predicted molar refractivity (Wildman–Crippen MR) is 70.9 cm³/mol. The fourth-order valence-corrected chi connectivity index (χ4v) is 1.72. The van der Waals surface area contributed by atoms with Crippen LogP contribution in [0.4, 0.5) is 0 Å². The second kappa shape index (κ2) is 6.33. The van der Waals surface area contributed by atoms with Gasteiger partial charge in [-0.25, -0.2) is 0 Å². The van der Waals surface area contributed by atoms with Gasteiger partial charge in [-0.3, -0.25) is 4.79 Å². The molecular formula is C13H14ClN3O2. The van der Waals surface area contributed by atoms with Crippen LogP contribution < -0.4 is 5.32 Å². The molecule has 0 unspecified atom stereocenters. The van der Waals surface area contributed by atoms with E-state index >= 15 is 0 Å². The van der Waals surface area contributed by atoms with Crippen LogP contribution in [0.2, 0.25) is 5.02 Å². The molecule has 100 valence electrons. The van der Waals surface area contributed by atoms with Gasteiger partial charge < -0.3 is 9.73 Å². The van der Waals surface area contributed by atoms with Gasteiger partial charge in [0.15, 0.2) is 0 Å². The minimum atomic E-state index is -0.0430. The molecule has 1 N–H and O–H groups in total. The molecule has 0 aliphatic rings. The number of carbonyl (C=O) groups excluding carboxylic acids is 1. The Morgan fingerprint density at radius 1 is 1.32 bits per heavy atom. The Morgan fingerprint density at radius 2 is 2.05 bits per heavy atom. The van der Waals surface area contributed by atoms with E-state index in [1.54, 1.807) is 19.1 Å². The summed E-state index contributed by atoms with van der Waals surface area (Å²) in [6.45, 7) is 2.21. The van der Waals surface area contributed by atoms with Gasteiger partial charge in [0.05, 0.1) is 6.42 Å². The molecule has 1 amide bonds. The molecule has 0 aliphatic carbocycles. The second-order valence-electron chi connectivity index (χ2n) is 4.12. The molecule has 0 fully saturated rings. The fourth-order valence-electron chi connectivity index (χ4n) is 1.60. The van der Waals surface area contributed by atoms with Gasteiger partial charge in [-0.05, 0) is 17.7 Å². The van der Waals surface area contributed by atoms with E-state index in [4.69, 9.17) is 16.0 Å². The van der Waals surface area contributed by atoms with Gasteiger partial charge in [0.1, 0.15) is 0 Å². The molecule has 2 rings (SSSR count). The van der Waals surface area contributed by atoms with Crippen molar-refractivity contribution in [2.45, 2.75) is 19.8 Å². The summed E-state index contributed by atoms with van der Waals surface area (Å²) >= 11 is 5.78.